The number of nitrogens with zero attached hydrogens (tertiary/aromatic N) is 3. The zero-order valence-corrected chi connectivity index (χ0v) is 17.5. The number of rotatable bonds is 4. The quantitative estimate of drug-likeness (QED) is 0.766. The van der Waals surface area contributed by atoms with Gasteiger partial charge in [-0.15, -0.1) is 0 Å². The van der Waals surface area contributed by atoms with Crippen molar-refractivity contribution >= 4 is 6.02 Å². The van der Waals surface area contributed by atoms with Crippen molar-refractivity contribution in [3.05, 3.63) is 48.0 Å². The van der Waals surface area contributed by atoms with Gasteiger partial charge in [-0.2, -0.15) is 4.39 Å². The van der Waals surface area contributed by atoms with Gasteiger partial charge in [0.25, 0.3) is 6.02 Å². The summed E-state index contributed by atoms with van der Waals surface area (Å²) < 4.78 is 26.6. The molecule has 3 atom stereocenters. The summed E-state index contributed by atoms with van der Waals surface area (Å²) in [6.07, 6.45) is 6.52. The zero-order valence-electron chi connectivity index (χ0n) is 17.5. The molecule has 162 valence electrons. The molecule has 1 spiro atoms. The summed E-state index contributed by atoms with van der Waals surface area (Å²) >= 11 is 0. The highest BCUT2D eigenvalue weighted by Crippen LogP contribution is 2.51. The number of amidine groups is 1. The summed E-state index contributed by atoms with van der Waals surface area (Å²) in [6, 6.07) is 9.51. The van der Waals surface area contributed by atoms with Gasteiger partial charge in [-0.05, 0) is 55.1 Å². The molecule has 4 aliphatic rings. The number of ether oxygens (including phenoxy) is 2. The fourth-order valence-corrected chi connectivity index (χ4v) is 5.45. The molecule has 1 aromatic carbocycles. The van der Waals surface area contributed by atoms with Crippen molar-refractivity contribution in [2.24, 2.45) is 22.6 Å². The van der Waals surface area contributed by atoms with Crippen LogP contribution in [0.5, 0.6) is 5.75 Å². The van der Waals surface area contributed by atoms with Crippen molar-refractivity contribution < 1.29 is 13.9 Å². The van der Waals surface area contributed by atoms with Gasteiger partial charge in [0.1, 0.15) is 24.0 Å². The van der Waals surface area contributed by atoms with Crippen LogP contribution in [0, 0.1) is 17.8 Å². The number of halogens is 1. The first-order valence-electron chi connectivity index (χ1n) is 11.2. The first-order chi connectivity index (χ1) is 15.1. The van der Waals surface area contributed by atoms with Gasteiger partial charge < -0.3 is 20.1 Å². The predicted octanol–water partition coefficient (Wildman–Crippen LogP) is 3.31. The number of aliphatic imine (C=N–C) groups is 1. The van der Waals surface area contributed by atoms with E-state index in [9.17, 15) is 4.39 Å². The van der Waals surface area contributed by atoms with E-state index in [0.29, 0.717) is 12.2 Å². The van der Waals surface area contributed by atoms with Crippen molar-refractivity contribution in [3.8, 4) is 16.9 Å². The Morgan fingerprint density at radius 3 is 2.90 bits per heavy atom. The molecule has 0 bridgehead atoms. The van der Waals surface area contributed by atoms with Crippen LogP contribution in [0.25, 0.3) is 11.1 Å². The number of likely N-dealkylation sites (tertiary alicyclic amines) is 1. The van der Waals surface area contributed by atoms with Gasteiger partial charge >= 0.3 is 0 Å². The number of hydrogen-bond donors (Lipinski definition) is 1. The van der Waals surface area contributed by atoms with Crippen LogP contribution >= 0.6 is 0 Å². The van der Waals surface area contributed by atoms with Crippen molar-refractivity contribution in [2.75, 3.05) is 26.2 Å². The fourth-order valence-electron chi connectivity index (χ4n) is 5.45. The van der Waals surface area contributed by atoms with Crippen LogP contribution in [0.1, 0.15) is 31.2 Å². The molecule has 4 heterocycles. The maximum absolute atomic E-state index is 14.4. The highest BCUT2D eigenvalue weighted by Gasteiger charge is 2.55. The van der Waals surface area contributed by atoms with Crippen LogP contribution in [-0.2, 0) is 10.3 Å². The van der Waals surface area contributed by atoms with Crippen LogP contribution in [-0.4, -0.2) is 48.3 Å². The van der Waals surface area contributed by atoms with Gasteiger partial charge in [0, 0.05) is 36.3 Å². The molecule has 7 heteroatoms. The summed E-state index contributed by atoms with van der Waals surface area (Å²) in [6.45, 7) is 3.46. The lowest BCUT2D eigenvalue weighted by Gasteiger charge is -2.49. The van der Waals surface area contributed by atoms with Crippen LogP contribution in [0.2, 0.25) is 0 Å². The smallest absolute Gasteiger partial charge is 0.283 e. The second kappa shape index (κ2) is 7.19. The topological polar surface area (TPSA) is 73.0 Å². The Balaban J connectivity index is 1.39. The maximum Gasteiger partial charge on any atom is 0.283 e. The molecule has 0 amide bonds. The Morgan fingerprint density at radius 1 is 1.23 bits per heavy atom. The van der Waals surface area contributed by atoms with Gasteiger partial charge in [0.15, 0.2) is 0 Å². The third kappa shape index (κ3) is 3.26. The largest absolute Gasteiger partial charge is 0.490 e. The third-order valence-electron chi connectivity index (χ3n) is 7.34. The van der Waals surface area contributed by atoms with E-state index in [1.54, 1.807) is 12.1 Å². The second-order valence-corrected chi connectivity index (χ2v) is 9.30. The molecule has 1 saturated heterocycles. The first-order valence-corrected chi connectivity index (χ1v) is 11.2. The normalized spacial score (nSPS) is 29.6. The molecular weight excluding hydrogens is 395 g/mol. The second-order valence-electron chi connectivity index (χ2n) is 9.30. The van der Waals surface area contributed by atoms with Gasteiger partial charge in [-0.1, -0.05) is 18.9 Å². The molecule has 2 N–H and O–H groups in total. The molecule has 1 aliphatic carbocycles. The van der Waals surface area contributed by atoms with Gasteiger partial charge in [-0.25, -0.2) is 9.98 Å². The molecule has 31 heavy (non-hydrogen) atoms. The van der Waals surface area contributed by atoms with E-state index >= 15 is 0 Å². The monoisotopic (exact) mass is 422 g/mol. The van der Waals surface area contributed by atoms with Gasteiger partial charge in [0.2, 0.25) is 5.95 Å². The number of fused-ring (bicyclic) bond motifs is 4. The van der Waals surface area contributed by atoms with Crippen LogP contribution in [0.15, 0.2) is 41.5 Å². The molecule has 1 saturated carbocycles. The number of piperidine rings is 1. The fraction of sp³-hybridized carbons (Fsp3) is 0.500. The van der Waals surface area contributed by atoms with E-state index in [1.807, 2.05) is 18.2 Å². The van der Waals surface area contributed by atoms with E-state index in [0.717, 1.165) is 48.8 Å². The van der Waals surface area contributed by atoms with Gasteiger partial charge in [-0.3, -0.25) is 0 Å². The average molecular weight is 423 g/mol. The predicted molar refractivity (Wildman–Crippen MR) is 115 cm³/mol. The lowest BCUT2D eigenvalue weighted by molar-refractivity contribution is -0.0238. The summed E-state index contributed by atoms with van der Waals surface area (Å²) in [5, 5.41) is 0. The van der Waals surface area contributed by atoms with Crippen LogP contribution < -0.4 is 10.5 Å². The number of aromatic nitrogens is 1. The van der Waals surface area contributed by atoms with Crippen molar-refractivity contribution in [2.45, 2.75) is 37.3 Å². The lowest BCUT2D eigenvalue weighted by Crippen LogP contribution is -2.57. The van der Waals surface area contributed by atoms with Crippen molar-refractivity contribution in [1.82, 2.24) is 9.88 Å². The number of nitrogens with two attached hydrogens (primary N) is 1. The Kier molecular flexibility index (Phi) is 4.42. The Bertz CT molecular complexity index is 1040. The van der Waals surface area contributed by atoms with Crippen LogP contribution in [0.4, 0.5) is 4.39 Å². The Hall–Kier alpha value is -2.67. The molecule has 2 unspecified atom stereocenters. The number of benzene rings is 1. The number of hydrogen-bond acceptors (Lipinski definition) is 6. The van der Waals surface area contributed by atoms with Crippen molar-refractivity contribution in [3.63, 3.8) is 0 Å². The average Bonchev–Trinajstić information content (AvgIpc) is 3.54. The van der Waals surface area contributed by atoms with Crippen LogP contribution in [0.3, 0.4) is 0 Å². The molecule has 6 rings (SSSR count). The maximum atomic E-state index is 14.4. The minimum Gasteiger partial charge on any atom is -0.490 e. The Morgan fingerprint density at radius 2 is 2.13 bits per heavy atom. The highest BCUT2D eigenvalue weighted by molar-refractivity contribution is 5.75. The standard InChI is InChI=1S/C24H27FN4O2/c25-22-17(2-1-9-27-22)16-5-6-20-18(12-16)24(14-30-23(26)28-24)19-13-29(10-7-15-3-4-15)11-8-21(19)31-20/h1-2,5-6,9,12,15,19,21H,3-4,7-8,10-11,13-14H2,(H2,26,28)/t19-,21?,24?/m0/s1. The van der Waals surface area contributed by atoms with E-state index in [1.165, 1.54) is 25.5 Å². The summed E-state index contributed by atoms with van der Waals surface area (Å²) in [7, 11) is 0. The lowest BCUT2D eigenvalue weighted by atomic mass is 9.71. The van der Waals surface area contributed by atoms with E-state index in [-0.39, 0.29) is 18.0 Å². The molecular formula is C24H27FN4O2. The molecule has 2 fully saturated rings. The Labute approximate surface area is 181 Å². The SMILES string of the molecule is NC1=NC2(CO1)c1cc(-c3cccnc3F)ccc1OC1CCN(CCC3CC3)C[C@@H]12. The van der Waals surface area contributed by atoms with E-state index < -0.39 is 11.5 Å². The molecule has 6 nitrogen and oxygen atoms in total. The number of pyridine rings is 1. The third-order valence-corrected chi connectivity index (χ3v) is 7.34. The molecule has 1 aromatic heterocycles. The molecule has 0 radical (unpaired) electrons. The molecule has 2 aromatic rings. The minimum absolute atomic E-state index is 0.0731. The van der Waals surface area contributed by atoms with Crippen molar-refractivity contribution in [1.29, 1.82) is 0 Å². The van der Waals surface area contributed by atoms with E-state index in [2.05, 4.69) is 9.88 Å². The first kappa shape index (κ1) is 19.0. The summed E-state index contributed by atoms with van der Waals surface area (Å²) in [5.41, 5.74) is 7.59. The minimum atomic E-state index is -0.602. The van der Waals surface area contributed by atoms with E-state index in [4.69, 9.17) is 20.2 Å². The molecule has 3 aliphatic heterocycles. The van der Waals surface area contributed by atoms with Gasteiger partial charge in [0.05, 0.1) is 0 Å². The zero-order chi connectivity index (χ0) is 21.0. The summed E-state index contributed by atoms with van der Waals surface area (Å²) in [4.78, 5) is 11.2. The highest BCUT2D eigenvalue weighted by atomic mass is 19.1. The summed E-state index contributed by atoms with van der Waals surface area (Å²) in [5.74, 6) is 1.36.